The molecule has 0 radical (unpaired) electrons. The molecule has 1 aliphatic carbocycles. The van der Waals surface area contributed by atoms with Gasteiger partial charge in [-0.3, -0.25) is 0 Å². The van der Waals surface area contributed by atoms with E-state index in [4.69, 9.17) is 10.2 Å². The van der Waals surface area contributed by atoms with Crippen LogP contribution in [0.1, 0.15) is 47.9 Å². The van der Waals surface area contributed by atoms with Crippen LogP contribution < -0.4 is 5.73 Å². The lowest BCUT2D eigenvalue weighted by Gasteiger charge is -2.26. The van der Waals surface area contributed by atoms with Gasteiger partial charge >= 0.3 is 0 Å². The van der Waals surface area contributed by atoms with Crippen molar-refractivity contribution in [2.75, 3.05) is 0 Å². The summed E-state index contributed by atoms with van der Waals surface area (Å²) in [5.41, 5.74) is 9.88. The normalized spacial score (nSPS) is 17.4. The highest BCUT2D eigenvalue weighted by Gasteiger charge is 2.21. The molecule has 1 atom stereocenters. The first kappa shape index (κ1) is 12.0. The summed E-state index contributed by atoms with van der Waals surface area (Å²) >= 11 is 3.39. The third-order valence-corrected chi connectivity index (χ3v) is 4.47. The second-order valence-electron chi connectivity index (χ2n) is 4.93. The van der Waals surface area contributed by atoms with Crippen LogP contribution in [-0.2, 0) is 0 Å². The molecule has 0 bridgehead atoms. The number of nitrogens with two attached hydrogens (primary N) is 1. The van der Waals surface area contributed by atoms with E-state index in [1.165, 1.54) is 24.8 Å². The highest BCUT2D eigenvalue weighted by molar-refractivity contribution is 9.10. The Bertz CT molecular complexity index is 545. The van der Waals surface area contributed by atoms with Gasteiger partial charge in [-0.2, -0.15) is 0 Å². The first-order valence-electron chi connectivity index (χ1n) is 6.34. The fraction of sp³-hybridized carbons (Fsp3) is 0.333. The Balaban J connectivity index is 1.89. The van der Waals surface area contributed by atoms with Gasteiger partial charge in [-0.05, 0) is 51.9 Å². The van der Waals surface area contributed by atoms with Gasteiger partial charge in [0.1, 0.15) is 0 Å². The van der Waals surface area contributed by atoms with Crippen LogP contribution >= 0.6 is 15.9 Å². The lowest BCUT2D eigenvalue weighted by Crippen LogP contribution is -2.13. The number of halogens is 1. The quantitative estimate of drug-likeness (QED) is 0.915. The molecule has 3 rings (SSSR count). The minimum atomic E-state index is -0.127. The van der Waals surface area contributed by atoms with E-state index in [-0.39, 0.29) is 6.04 Å². The molecule has 18 heavy (non-hydrogen) atoms. The molecule has 0 saturated heterocycles. The molecule has 2 nitrogen and oxygen atoms in total. The Morgan fingerprint density at radius 2 is 2.11 bits per heavy atom. The molecule has 2 aromatic rings. The highest BCUT2D eigenvalue weighted by Crippen LogP contribution is 2.37. The summed E-state index contributed by atoms with van der Waals surface area (Å²) in [6.07, 6.45) is 5.64. The summed E-state index contributed by atoms with van der Waals surface area (Å²) in [4.78, 5) is 0. The Labute approximate surface area is 115 Å². The van der Waals surface area contributed by atoms with Gasteiger partial charge in [0, 0.05) is 5.56 Å². The monoisotopic (exact) mass is 305 g/mol. The fourth-order valence-corrected chi connectivity index (χ4v) is 2.94. The van der Waals surface area contributed by atoms with Gasteiger partial charge in [-0.25, -0.2) is 0 Å². The molecule has 1 unspecified atom stereocenters. The average molecular weight is 306 g/mol. The summed E-state index contributed by atoms with van der Waals surface area (Å²) in [5.74, 6) is 0.741. The topological polar surface area (TPSA) is 39.2 Å². The zero-order chi connectivity index (χ0) is 12.5. The maximum atomic E-state index is 6.30. The van der Waals surface area contributed by atoms with Crippen LogP contribution in [0, 0.1) is 0 Å². The van der Waals surface area contributed by atoms with Gasteiger partial charge in [0.2, 0.25) is 0 Å². The maximum absolute atomic E-state index is 6.30. The predicted octanol–water partition coefficient (Wildman–Crippen LogP) is 4.36. The molecule has 2 N–H and O–H groups in total. The van der Waals surface area contributed by atoms with E-state index in [1.807, 2.05) is 6.07 Å². The maximum Gasteiger partial charge on any atom is 0.174 e. The van der Waals surface area contributed by atoms with Crippen molar-refractivity contribution in [1.82, 2.24) is 0 Å². The van der Waals surface area contributed by atoms with Crippen LogP contribution in [0.5, 0.6) is 0 Å². The minimum Gasteiger partial charge on any atom is -0.457 e. The van der Waals surface area contributed by atoms with E-state index in [1.54, 1.807) is 6.26 Å². The summed E-state index contributed by atoms with van der Waals surface area (Å²) in [7, 11) is 0. The van der Waals surface area contributed by atoms with Crippen LogP contribution in [0.3, 0.4) is 0 Å². The zero-order valence-electron chi connectivity index (χ0n) is 10.1. The molecule has 0 spiro atoms. The third kappa shape index (κ3) is 2.13. The predicted molar refractivity (Wildman–Crippen MR) is 75.5 cm³/mol. The molecule has 1 aromatic heterocycles. The SMILES string of the molecule is NC(c1cccc(C2CCC2)c1)c1ccoc1Br. The van der Waals surface area contributed by atoms with Crippen molar-refractivity contribution in [3.63, 3.8) is 0 Å². The van der Waals surface area contributed by atoms with Crippen LogP contribution in [0.25, 0.3) is 0 Å². The highest BCUT2D eigenvalue weighted by atomic mass is 79.9. The number of hydrogen-bond donors (Lipinski definition) is 1. The number of rotatable bonds is 3. The van der Waals surface area contributed by atoms with Gasteiger partial charge in [0.15, 0.2) is 4.67 Å². The number of hydrogen-bond acceptors (Lipinski definition) is 2. The lowest BCUT2D eigenvalue weighted by molar-refractivity contribution is 0.419. The van der Waals surface area contributed by atoms with E-state index < -0.39 is 0 Å². The molecule has 1 aliphatic rings. The fourth-order valence-electron chi connectivity index (χ4n) is 2.45. The Kier molecular flexibility index (Phi) is 3.27. The third-order valence-electron chi connectivity index (χ3n) is 3.83. The first-order valence-corrected chi connectivity index (χ1v) is 7.13. The molecule has 1 fully saturated rings. The lowest BCUT2D eigenvalue weighted by atomic mass is 9.79. The van der Waals surface area contributed by atoms with Crippen LogP contribution in [-0.4, -0.2) is 0 Å². The van der Waals surface area contributed by atoms with E-state index in [9.17, 15) is 0 Å². The summed E-state index contributed by atoms with van der Waals surface area (Å²) in [5, 5.41) is 0. The molecule has 3 heteroatoms. The van der Waals surface area contributed by atoms with Crippen molar-refractivity contribution in [3.8, 4) is 0 Å². The molecule has 94 valence electrons. The summed E-state index contributed by atoms with van der Waals surface area (Å²) < 4.78 is 5.98. The van der Waals surface area contributed by atoms with Gasteiger partial charge in [-0.15, -0.1) is 0 Å². The average Bonchev–Trinajstić information content (AvgIpc) is 2.73. The van der Waals surface area contributed by atoms with Gasteiger partial charge < -0.3 is 10.2 Å². The van der Waals surface area contributed by atoms with E-state index in [2.05, 4.69) is 40.2 Å². The number of furan rings is 1. The smallest absolute Gasteiger partial charge is 0.174 e. The molecular weight excluding hydrogens is 290 g/mol. The van der Waals surface area contributed by atoms with E-state index >= 15 is 0 Å². The molecule has 0 amide bonds. The largest absolute Gasteiger partial charge is 0.457 e. The van der Waals surface area contributed by atoms with Crippen molar-refractivity contribution < 1.29 is 4.42 Å². The van der Waals surface area contributed by atoms with Crippen molar-refractivity contribution in [2.24, 2.45) is 5.73 Å². The molecule has 1 heterocycles. The van der Waals surface area contributed by atoms with E-state index in [0.717, 1.165) is 21.7 Å². The van der Waals surface area contributed by atoms with Crippen LogP contribution in [0.2, 0.25) is 0 Å². The van der Waals surface area contributed by atoms with Crippen molar-refractivity contribution in [3.05, 3.63) is 58.0 Å². The standard InChI is InChI=1S/C15H16BrNO/c16-15-13(7-8-18-15)14(17)12-6-2-5-11(9-12)10-3-1-4-10/h2,5-10,14H,1,3-4,17H2. The van der Waals surface area contributed by atoms with Crippen LogP contribution in [0.4, 0.5) is 0 Å². The van der Waals surface area contributed by atoms with Gasteiger partial charge in [-0.1, -0.05) is 30.7 Å². The molecular formula is C15H16BrNO. The first-order chi connectivity index (χ1) is 8.75. The zero-order valence-corrected chi connectivity index (χ0v) is 11.7. The van der Waals surface area contributed by atoms with Gasteiger partial charge in [0.05, 0.1) is 12.3 Å². The van der Waals surface area contributed by atoms with Crippen LogP contribution in [0.15, 0.2) is 45.7 Å². The second-order valence-corrected chi connectivity index (χ2v) is 5.65. The van der Waals surface area contributed by atoms with Crippen molar-refractivity contribution in [1.29, 1.82) is 0 Å². The molecule has 1 saturated carbocycles. The Morgan fingerprint density at radius 3 is 2.72 bits per heavy atom. The summed E-state index contributed by atoms with van der Waals surface area (Å²) in [6, 6.07) is 10.4. The van der Waals surface area contributed by atoms with Crippen molar-refractivity contribution in [2.45, 2.75) is 31.2 Å². The Morgan fingerprint density at radius 1 is 1.28 bits per heavy atom. The van der Waals surface area contributed by atoms with Crippen molar-refractivity contribution >= 4 is 15.9 Å². The summed E-state index contributed by atoms with van der Waals surface area (Å²) in [6.45, 7) is 0. The minimum absolute atomic E-state index is 0.127. The second kappa shape index (κ2) is 4.90. The van der Waals surface area contributed by atoms with E-state index in [0.29, 0.717) is 0 Å². The molecule has 1 aromatic carbocycles. The number of benzene rings is 1. The Hall–Kier alpha value is -1.06. The van der Waals surface area contributed by atoms with Gasteiger partial charge in [0.25, 0.3) is 0 Å². The molecule has 0 aliphatic heterocycles.